The van der Waals surface area contributed by atoms with Crippen LogP contribution in [0.1, 0.15) is 5.56 Å². The van der Waals surface area contributed by atoms with Crippen LogP contribution in [0.3, 0.4) is 0 Å². The van der Waals surface area contributed by atoms with E-state index in [9.17, 15) is 5.11 Å². The lowest BCUT2D eigenvalue weighted by atomic mass is 10.2. The van der Waals surface area contributed by atoms with Crippen molar-refractivity contribution in [1.82, 2.24) is 5.32 Å². The molecule has 0 fully saturated rings. The Labute approximate surface area is 103 Å². The molecule has 1 aromatic rings. The summed E-state index contributed by atoms with van der Waals surface area (Å²) in [5.74, 6) is 0. The predicted molar refractivity (Wildman–Crippen MR) is 66.9 cm³/mol. The Morgan fingerprint density at radius 1 is 1.29 bits per heavy atom. The smallest absolute Gasteiger partial charge is 0.0897 e. The zero-order chi connectivity index (χ0) is 12.3. The molecule has 1 aromatic carbocycles. The number of ether oxygens (including phenoxy) is 2. The van der Waals surface area contributed by atoms with Gasteiger partial charge in [0.15, 0.2) is 0 Å². The van der Waals surface area contributed by atoms with Crippen molar-refractivity contribution in [3.05, 3.63) is 35.9 Å². The average Bonchev–Trinajstić information content (AvgIpc) is 2.35. The van der Waals surface area contributed by atoms with Crippen LogP contribution >= 0.6 is 0 Å². The van der Waals surface area contributed by atoms with Crippen molar-refractivity contribution < 1.29 is 14.6 Å². The van der Waals surface area contributed by atoms with Gasteiger partial charge in [0.25, 0.3) is 0 Å². The standard InChI is InChI=1S/C13H21NO3/c1-16-11-13(15)9-14-7-8-17-10-12-5-3-2-4-6-12/h2-6,13-15H,7-11H2,1H3. The molecule has 4 heteroatoms. The Balaban J connectivity index is 1.95. The van der Waals surface area contributed by atoms with E-state index < -0.39 is 6.10 Å². The fraction of sp³-hybridized carbons (Fsp3) is 0.538. The number of hydrogen-bond acceptors (Lipinski definition) is 4. The first-order valence-corrected chi connectivity index (χ1v) is 5.82. The highest BCUT2D eigenvalue weighted by atomic mass is 16.5. The summed E-state index contributed by atoms with van der Waals surface area (Å²) < 4.78 is 10.3. The third-order valence-electron chi connectivity index (χ3n) is 2.27. The molecule has 1 atom stereocenters. The molecule has 0 bridgehead atoms. The fourth-order valence-electron chi connectivity index (χ4n) is 1.43. The molecular formula is C13H21NO3. The van der Waals surface area contributed by atoms with Crippen molar-refractivity contribution in [2.45, 2.75) is 12.7 Å². The Kier molecular flexibility index (Phi) is 7.58. The van der Waals surface area contributed by atoms with Gasteiger partial charge in [0.05, 0.1) is 25.9 Å². The largest absolute Gasteiger partial charge is 0.389 e. The minimum absolute atomic E-state index is 0.359. The summed E-state index contributed by atoms with van der Waals surface area (Å²) >= 11 is 0. The van der Waals surface area contributed by atoms with Crippen LogP contribution < -0.4 is 5.32 Å². The van der Waals surface area contributed by atoms with E-state index in [-0.39, 0.29) is 0 Å². The van der Waals surface area contributed by atoms with Gasteiger partial charge in [-0.05, 0) is 5.56 Å². The highest BCUT2D eigenvalue weighted by molar-refractivity contribution is 5.13. The molecule has 0 aromatic heterocycles. The molecule has 0 spiro atoms. The molecule has 1 unspecified atom stereocenters. The third kappa shape index (κ3) is 7.07. The highest BCUT2D eigenvalue weighted by Gasteiger charge is 2.01. The lowest BCUT2D eigenvalue weighted by Crippen LogP contribution is -2.32. The summed E-state index contributed by atoms with van der Waals surface area (Å²) in [6.45, 7) is 2.88. The molecule has 2 N–H and O–H groups in total. The van der Waals surface area contributed by atoms with Gasteiger partial charge in [-0.15, -0.1) is 0 Å². The van der Waals surface area contributed by atoms with Crippen molar-refractivity contribution in [2.75, 3.05) is 33.4 Å². The van der Waals surface area contributed by atoms with Crippen LogP contribution in [-0.4, -0.2) is 44.6 Å². The fourth-order valence-corrected chi connectivity index (χ4v) is 1.43. The second-order valence-corrected chi connectivity index (χ2v) is 3.85. The van der Waals surface area contributed by atoms with E-state index in [1.165, 1.54) is 5.56 Å². The second kappa shape index (κ2) is 9.13. The van der Waals surface area contributed by atoms with Gasteiger partial charge in [0.1, 0.15) is 0 Å². The van der Waals surface area contributed by atoms with Gasteiger partial charge < -0.3 is 19.9 Å². The van der Waals surface area contributed by atoms with Gasteiger partial charge in [0.2, 0.25) is 0 Å². The molecule has 0 amide bonds. The minimum Gasteiger partial charge on any atom is -0.389 e. The first kappa shape index (κ1) is 14.1. The summed E-state index contributed by atoms with van der Waals surface area (Å²) in [5, 5.41) is 12.5. The number of aliphatic hydroxyl groups is 1. The van der Waals surface area contributed by atoms with E-state index in [2.05, 4.69) is 5.32 Å². The van der Waals surface area contributed by atoms with Gasteiger partial charge >= 0.3 is 0 Å². The first-order chi connectivity index (χ1) is 8.33. The van der Waals surface area contributed by atoms with Crippen LogP contribution in [0.15, 0.2) is 30.3 Å². The summed E-state index contributed by atoms with van der Waals surface area (Å²) in [7, 11) is 1.58. The first-order valence-electron chi connectivity index (χ1n) is 5.82. The molecule has 0 saturated carbocycles. The summed E-state index contributed by atoms with van der Waals surface area (Å²) in [5.41, 5.74) is 1.17. The van der Waals surface area contributed by atoms with Crippen molar-refractivity contribution in [3.8, 4) is 0 Å². The van der Waals surface area contributed by atoms with Crippen molar-refractivity contribution in [1.29, 1.82) is 0 Å². The van der Waals surface area contributed by atoms with Crippen LogP contribution in [0.25, 0.3) is 0 Å². The maximum Gasteiger partial charge on any atom is 0.0897 e. The SMILES string of the molecule is COCC(O)CNCCOCc1ccccc1. The monoisotopic (exact) mass is 239 g/mol. The third-order valence-corrected chi connectivity index (χ3v) is 2.27. The molecule has 0 radical (unpaired) electrons. The summed E-state index contributed by atoms with van der Waals surface area (Å²) in [4.78, 5) is 0. The average molecular weight is 239 g/mol. The van der Waals surface area contributed by atoms with Crippen molar-refractivity contribution >= 4 is 0 Å². The molecule has 96 valence electrons. The van der Waals surface area contributed by atoms with E-state index in [1.54, 1.807) is 7.11 Å². The van der Waals surface area contributed by atoms with Gasteiger partial charge in [-0.1, -0.05) is 30.3 Å². The summed E-state index contributed by atoms with van der Waals surface area (Å²) in [6, 6.07) is 10.1. The molecule has 0 heterocycles. The maximum absolute atomic E-state index is 9.36. The van der Waals surface area contributed by atoms with Crippen LogP contribution in [0.4, 0.5) is 0 Å². The second-order valence-electron chi connectivity index (χ2n) is 3.85. The van der Waals surface area contributed by atoms with Crippen LogP contribution in [0.2, 0.25) is 0 Å². The number of aliphatic hydroxyl groups excluding tert-OH is 1. The van der Waals surface area contributed by atoms with Crippen LogP contribution in [-0.2, 0) is 16.1 Å². The number of nitrogens with one attached hydrogen (secondary N) is 1. The van der Waals surface area contributed by atoms with E-state index >= 15 is 0 Å². The number of rotatable bonds is 9. The predicted octanol–water partition coefficient (Wildman–Crippen LogP) is 0.800. The summed E-state index contributed by atoms with van der Waals surface area (Å²) in [6.07, 6.45) is -0.450. The van der Waals surface area contributed by atoms with E-state index in [0.717, 1.165) is 6.54 Å². The molecular weight excluding hydrogens is 218 g/mol. The normalized spacial score (nSPS) is 12.6. The number of methoxy groups -OCH3 is 1. The lowest BCUT2D eigenvalue weighted by molar-refractivity contribution is 0.0614. The van der Waals surface area contributed by atoms with E-state index in [1.807, 2.05) is 30.3 Å². The van der Waals surface area contributed by atoms with Gasteiger partial charge in [-0.25, -0.2) is 0 Å². The van der Waals surface area contributed by atoms with Crippen molar-refractivity contribution in [2.24, 2.45) is 0 Å². The van der Waals surface area contributed by atoms with Crippen LogP contribution in [0.5, 0.6) is 0 Å². The van der Waals surface area contributed by atoms with E-state index in [4.69, 9.17) is 9.47 Å². The zero-order valence-corrected chi connectivity index (χ0v) is 10.3. The molecule has 0 aliphatic rings. The maximum atomic E-state index is 9.36. The zero-order valence-electron chi connectivity index (χ0n) is 10.3. The molecule has 17 heavy (non-hydrogen) atoms. The van der Waals surface area contributed by atoms with Crippen LogP contribution in [0, 0.1) is 0 Å². The van der Waals surface area contributed by atoms with Gasteiger partial charge in [-0.2, -0.15) is 0 Å². The van der Waals surface area contributed by atoms with Gasteiger partial charge in [0, 0.05) is 20.2 Å². The molecule has 4 nitrogen and oxygen atoms in total. The molecule has 0 aliphatic heterocycles. The Hall–Kier alpha value is -0.940. The molecule has 0 aliphatic carbocycles. The topological polar surface area (TPSA) is 50.7 Å². The Bertz CT molecular complexity index is 279. The highest BCUT2D eigenvalue weighted by Crippen LogP contribution is 1.99. The number of hydrogen-bond donors (Lipinski definition) is 2. The lowest BCUT2D eigenvalue weighted by Gasteiger charge is -2.10. The Morgan fingerprint density at radius 3 is 2.76 bits per heavy atom. The minimum atomic E-state index is -0.450. The quantitative estimate of drug-likeness (QED) is 0.626. The molecule has 0 saturated heterocycles. The van der Waals surface area contributed by atoms with Crippen molar-refractivity contribution in [3.63, 3.8) is 0 Å². The van der Waals surface area contributed by atoms with Gasteiger partial charge in [-0.3, -0.25) is 0 Å². The number of benzene rings is 1. The Morgan fingerprint density at radius 2 is 2.06 bits per heavy atom. The van der Waals surface area contributed by atoms with E-state index in [0.29, 0.717) is 26.4 Å². The molecule has 1 rings (SSSR count).